The van der Waals surface area contributed by atoms with Gasteiger partial charge >= 0.3 is 0 Å². The van der Waals surface area contributed by atoms with Crippen molar-refractivity contribution in [3.8, 4) is 0 Å². The first kappa shape index (κ1) is 12.1. The molecule has 0 aromatic heterocycles. The van der Waals surface area contributed by atoms with E-state index < -0.39 is 0 Å². The quantitative estimate of drug-likeness (QED) is 0.681. The topological polar surface area (TPSA) is 18.5 Å². The van der Waals surface area contributed by atoms with Crippen LogP contribution in [0.1, 0.15) is 52.4 Å². The summed E-state index contributed by atoms with van der Waals surface area (Å²) in [5, 5.41) is 0. The van der Waals surface area contributed by atoms with Crippen LogP contribution in [0.4, 0.5) is 0 Å². The van der Waals surface area contributed by atoms with Crippen LogP contribution in [0.25, 0.3) is 0 Å². The van der Waals surface area contributed by atoms with Gasteiger partial charge in [-0.3, -0.25) is 0 Å². The molecule has 0 bridgehead atoms. The van der Waals surface area contributed by atoms with Crippen LogP contribution in [0.5, 0.6) is 0 Å². The molecule has 0 amide bonds. The lowest BCUT2D eigenvalue weighted by molar-refractivity contribution is -0.180. The first-order chi connectivity index (χ1) is 7.78. The van der Waals surface area contributed by atoms with Crippen LogP contribution in [-0.4, -0.2) is 19.0 Å². The Kier molecular flexibility index (Phi) is 4.04. The summed E-state index contributed by atoms with van der Waals surface area (Å²) in [5.74, 6) is 0.566. The van der Waals surface area contributed by atoms with E-state index in [4.69, 9.17) is 9.47 Å². The van der Waals surface area contributed by atoms with E-state index in [9.17, 15) is 0 Å². The lowest BCUT2D eigenvalue weighted by atomic mass is 9.83. The minimum Gasteiger partial charge on any atom is -0.348 e. The van der Waals surface area contributed by atoms with E-state index in [1.807, 2.05) is 0 Å². The third kappa shape index (κ3) is 2.67. The molecular formula is C14H24O2. The minimum absolute atomic E-state index is 0.192. The fourth-order valence-electron chi connectivity index (χ4n) is 2.85. The molecule has 92 valence electrons. The van der Waals surface area contributed by atoms with E-state index in [2.05, 4.69) is 19.9 Å². The Bertz CT molecular complexity index is 235. The van der Waals surface area contributed by atoms with Crippen molar-refractivity contribution in [3.63, 3.8) is 0 Å². The second-order valence-electron chi connectivity index (χ2n) is 4.98. The van der Waals surface area contributed by atoms with Crippen molar-refractivity contribution in [2.24, 2.45) is 5.92 Å². The van der Waals surface area contributed by atoms with Gasteiger partial charge in [-0.15, -0.1) is 0 Å². The van der Waals surface area contributed by atoms with Gasteiger partial charge in [0.1, 0.15) is 0 Å². The highest BCUT2D eigenvalue weighted by molar-refractivity contribution is 5.04. The zero-order valence-electron chi connectivity index (χ0n) is 10.6. The largest absolute Gasteiger partial charge is 0.348 e. The standard InChI is InChI=1S/C14H24O2/c1-3-12(4-2)11-13-5-7-14(8-6-13)15-9-10-16-14/h11,13H,3-10H2,1-2H3. The van der Waals surface area contributed by atoms with Crippen LogP contribution in [-0.2, 0) is 9.47 Å². The molecule has 0 radical (unpaired) electrons. The average molecular weight is 224 g/mol. The van der Waals surface area contributed by atoms with Crippen molar-refractivity contribution < 1.29 is 9.47 Å². The highest BCUT2D eigenvalue weighted by Gasteiger charge is 2.39. The molecule has 16 heavy (non-hydrogen) atoms. The van der Waals surface area contributed by atoms with Crippen LogP contribution >= 0.6 is 0 Å². The number of allylic oxidation sites excluding steroid dienone is 2. The van der Waals surface area contributed by atoms with E-state index in [1.54, 1.807) is 5.57 Å². The summed E-state index contributed by atoms with van der Waals surface area (Å²) in [6, 6.07) is 0. The predicted octanol–water partition coefficient (Wildman–Crippen LogP) is 3.67. The van der Waals surface area contributed by atoms with Gasteiger partial charge in [-0.05, 0) is 31.6 Å². The predicted molar refractivity (Wildman–Crippen MR) is 65.3 cm³/mol. The Morgan fingerprint density at radius 2 is 1.69 bits per heavy atom. The molecular weight excluding hydrogens is 200 g/mol. The number of hydrogen-bond donors (Lipinski definition) is 0. The van der Waals surface area contributed by atoms with Gasteiger partial charge in [-0.1, -0.05) is 25.5 Å². The number of rotatable bonds is 3. The van der Waals surface area contributed by atoms with Crippen LogP contribution in [0.3, 0.4) is 0 Å². The van der Waals surface area contributed by atoms with Crippen molar-refractivity contribution >= 4 is 0 Å². The van der Waals surface area contributed by atoms with Crippen molar-refractivity contribution in [2.75, 3.05) is 13.2 Å². The summed E-state index contributed by atoms with van der Waals surface area (Å²) >= 11 is 0. The molecule has 1 spiro atoms. The maximum absolute atomic E-state index is 5.74. The van der Waals surface area contributed by atoms with Crippen LogP contribution in [0.2, 0.25) is 0 Å². The Morgan fingerprint density at radius 3 is 2.19 bits per heavy atom. The van der Waals surface area contributed by atoms with Crippen LogP contribution < -0.4 is 0 Å². The SMILES string of the molecule is CCC(=CC1CCC2(CC1)OCCO2)CC. The molecule has 1 aliphatic heterocycles. The molecule has 2 heteroatoms. The van der Waals surface area contributed by atoms with Gasteiger partial charge in [0.15, 0.2) is 5.79 Å². The molecule has 0 N–H and O–H groups in total. The summed E-state index contributed by atoms with van der Waals surface area (Å²) in [6.07, 6.45) is 9.51. The third-order valence-electron chi connectivity index (χ3n) is 3.99. The minimum atomic E-state index is -0.192. The average Bonchev–Trinajstić information content (AvgIpc) is 2.77. The third-order valence-corrected chi connectivity index (χ3v) is 3.99. The fraction of sp³-hybridized carbons (Fsp3) is 0.857. The summed E-state index contributed by atoms with van der Waals surface area (Å²) in [5.41, 5.74) is 1.61. The van der Waals surface area contributed by atoms with Crippen molar-refractivity contribution in [3.05, 3.63) is 11.6 Å². The van der Waals surface area contributed by atoms with Crippen molar-refractivity contribution in [2.45, 2.75) is 58.2 Å². The molecule has 0 unspecified atom stereocenters. The summed E-state index contributed by atoms with van der Waals surface area (Å²) in [6.45, 7) is 6.08. The Morgan fingerprint density at radius 1 is 1.12 bits per heavy atom. The van der Waals surface area contributed by atoms with Crippen LogP contribution in [0, 0.1) is 5.92 Å². The molecule has 2 fully saturated rings. The molecule has 1 saturated carbocycles. The monoisotopic (exact) mass is 224 g/mol. The fourth-order valence-corrected chi connectivity index (χ4v) is 2.85. The van der Waals surface area contributed by atoms with Crippen molar-refractivity contribution in [1.82, 2.24) is 0 Å². The first-order valence-corrected chi connectivity index (χ1v) is 6.75. The van der Waals surface area contributed by atoms with Gasteiger partial charge in [0.2, 0.25) is 0 Å². The van der Waals surface area contributed by atoms with Gasteiger partial charge < -0.3 is 9.47 Å². The lowest BCUT2D eigenvalue weighted by Gasteiger charge is -2.34. The molecule has 1 aliphatic carbocycles. The second-order valence-corrected chi connectivity index (χ2v) is 4.98. The zero-order valence-corrected chi connectivity index (χ0v) is 10.6. The summed E-state index contributed by atoms with van der Waals surface area (Å²) < 4.78 is 11.5. The first-order valence-electron chi connectivity index (χ1n) is 6.75. The summed E-state index contributed by atoms with van der Waals surface area (Å²) in [4.78, 5) is 0. The zero-order chi connectivity index (χ0) is 11.4. The van der Waals surface area contributed by atoms with E-state index in [0.29, 0.717) is 0 Å². The molecule has 0 atom stereocenters. The molecule has 2 rings (SSSR count). The second kappa shape index (κ2) is 5.33. The molecule has 0 aromatic rings. The van der Waals surface area contributed by atoms with Gasteiger partial charge in [0.25, 0.3) is 0 Å². The smallest absolute Gasteiger partial charge is 0.168 e. The van der Waals surface area contributed by atoms with Gasteiger partial charge in [0.05, 0.1) is 13.2 Å². The highest BCUT2D eigenvalue weighted by Crippen LogP contribution is 2.39. The normalized spacial score (nSPS) is 24.9. The van der Waals surface area contributed by atoms with E-state index in [1.165, 1.54) is 25.7 Å². The Balaban J connectivity index is 1.87. The maximum atomic E-state index is 5.74. The van der Waals surface area contributed by atoms with Gasteiger partial charge in [-0.2, -0.15) is 0 Å². The Hall–Kier alpha value is -0.340. The molecule has 2 aliphatic rings. The van der Waals surface area contributed by atoms with Gasteiger partial charge in [0, 0.05) is 12.8 Å². The molecule has 0 aromatic carbocycles. The lowest BCUT2D eigenvalue weighted by Crippen LogP contribution is -2.34. The van der Waals surface area contributed by atoms with Gasteiger partial charge in [-0.25, -0.2) is 0 Å². The number of hydrogen-bond acceptors (Lipinski definition) is 2. The summed E-state index contributed by atoms with van der Waals surface area (Å²) in [7, 11) is 0. The molecule has 1 saturated heterocycles. The number of ether oxygens (including phenoxy) is 2. The van der Waals surface area contributed by atoms with E-state index in [0.717, 1.165) is 32.0 Å². The van der Waals surface area contributed by atoms with E-state index >= 15 is 0 Å². The maximum Gasteiger partial charge on any atom is 0.168 e. The molecule has 2 nitrogen and oxygen atoms in total. The van der Waals surface area contributed by atoms with Crippen LogP contribution in [0.15, 0.2) is 11.6 Å². The molecule has 1 heterocycles. The van der Waals surface area contributed by atoms with E-state index in [-0.39, 0.29) is 5.79 Å². The Labute approximate surface area is 99.0 Å². The van der Waals surface area contributed by atoms with Crippen molar-refractivity contribution in [1.29, 1.82) is 0 Å². The highest BCUT2D eigenvalue weighted by atomic mass is 16.7.